The van der Waals surface area contributed by atoms with Crippen LogP contribution in [-0.2, 0) is 0 Å². The van der Waals surface area contributed by atoms with Crippen molar-refractivity contribution in [1.82, 2.24) is 9.88 Å². The van der Waals surface area contributed by atoms with E-state index in [2.05, 4.69) is 4.98 Å². The maximum absolute atomic E-state index is 13.2. The maximum atomic E-state index is 13.2. The van der Waals surface area contributed by atoms with Crippen LogP contribution in [0.3, 0.4) is 0 Å². The molecule has 4 nitrogen and oxygen atoms in total. The van der Waals surface area contributed by atoms with Gasteiger partial charge in [-0.2, -0.15) is 0 Å². The zero-order valence-electron chi connectivity index (χ0n) is 13.3. The Labute approximate surface area is 136 Å². The highest BCUT2D eigenvalue weighted by molar-refractivity contribution is 6.02. The van der Waals surface area contributed by atoms with E-state index in [1.54, 1.807) is 6.20 Å². The second-order valence-corrected chi connectivity index (χ2v) is 6.66. The van der Waals surface area contributed by atoms with Crippen LogP contribution in [0.2, 0.25) is 0 Å². The summed E-state index contributed by atoms with van der Waals surface area (Å²) in [4.78, 5) is 19.4. The Bertz CT molecular complexity index is 744. The molecule has 0 unspecified atom stereocenters. The van der Waals surface area contributed by atoms with Crippen molar-refractivity contribution in [3.8, 4) is 11.1 Å². The Morgan fingerprint density at radius 1 is 1.35 bits per heavy atom. The summed E-state index contributed by atoms with van der Waals surface area (Å²) >= 11 is 0. The van der Waals surface area contributed by atoms with Crippen molar-refractivity contribution >= 4 is 5.91 Å². The van der Waals surface area contributed by atoms with Crippen molar-refractivity contribution in [2.45, 2.75) is 19.4 Å². The first kappa shape index (κ1) is 14.4. The normalized spacial score (nSPS) is 25.3. The topological polar surface area (TPSA) is 59.2 Å². The van der Waals surface area contributed by atoms with Gasteiger partial charge in [0.25, 0.3) is 5.91 Å². The molecule has 1 aliphatic heterocycles. The summed E-state index contributed by atoms with van der Waals surface area (Å²) in [6, 6.07) is 10.0. The summed E-state index contributed by atoms with van der Waals surface area (Å²) in [6.45, 7) is 3.45. The molecule has 1 saturated carbocycles. The number of rotatable bonds is 3. The van der Waals surface area contributed by atoms with E-state index in [-0.39, 0.29) is 11.9 Å². The molecule has 1 aromatic carbocycles. The molecule has 1 aromatic heterocycles. The van der Waals surface area contributed by atoms with Gasteiger partial charge in [-0.25, -0.2) is 0 Å². The Morgan fingerprint density at radius 3 is 2.96 bits per heavy atom. The van der Waals surface area contributed by atoms with Gasteiger partial charge in [-0.3, -0.25) is 9.78 Å². The van der Waals surface area contributed by atoms with Gasteiger partial charge in [-0.15, -0.1) is 0 Å². The molecule has 0 bridgehead atoms. The van der Waals surface area contributed by atoms with E-state index in [0.29, 0.717) is 18.4 Å². The fourth-order valence-electron chi connectivity index (χ4n) is 4.00. The van der Waals surface area contributed by atoms with Gasteiger partial charge >= 0.3 is 0 Å². The van der Waals surface area contributed by atoms with Gasteiger partial charge in [-0.05, 0) is 48.4 Å². The lowest BCUT2D eigenvalue weighted by atomic mass is 9.95. The number of fused-ring (bicyclic) bond motifs is 1. The van der Waals surface area contributed by atoms with Crippen LogP contribution in [0.15, 0.2) is 42.7 Å². The monoisotopic (exact) mass is 307 g/mol. The van der Waals surface area contributed by atoms with E-state index in [1.807, 2.05) is 48.4 Å². The lowest BCUT2D eigenvalue weighted by Gasteiger charge is -2.27. The quantitative estimate of drug-likeness (QED) is 0.947. The lowest BCUT2D eigenvalue weighted by Crippen LogP contribution is -2.43. The molecular weight excluding hydrogens is 286 g/mol. The Balaban J connectivity index is 1.75. The average Bonchev–Trinajstić information content (AvgIpc) is 3.25. The molecule has 1 aliphatic carbocycles. The standard InChI is InChI=1S/C19H21N3O/c1-12-4-2-6-15(18(12)13-5-3-7-21-10-13)19(23)22-11-14-8-16(14)17(22)9-20/h2-7,10,14,16-17H,8-9,11,20H2,1H3/t14-,16-,17-/m1/s1. The van der Waals surface area contributed by atoms with Gasteiger partial charge in [0.2, 0.25) is 0 Å². The molecule has 3 atom stereocenters. The first-order valence-corrected chi connectivity index (χ1v) is 8.21. The van der Waals surface area contributed by atoms with Crippen LogP contribution in [0.1, 0.15) is 22.3 Å². The molecule has 2 heterocycles. The number of pyridine rings is 1. The van der Waals surface area contributed by atoms with Crippen LogP contribution >= 0.6 is 0 Å². The number of carbonyl (C=O) groups is 1. The minimum Gasteiger partial charge on any atom is -0.334 e. The highest BCUT2D eigenvalue weighted by atomic mass is 16.2. The summed E-state index contributed by atoms with van der Waals surface area (Å²) in [5.74, 6) is 1.39. The van der Waals surface area contributed by atoms with E-state index in [9.17, 15) is 4.79 Å². The number of aryl methyl sites for hydroxylation is 1. The fourth-order valence-corrected chi connectivity index (χ4v) is 4.00. The fraction of sp³-hybridized carbons (Fsp3) is 0.368. The highest BCUT2D eigenvalue weighted by Crippen LogP contribution is 2.49. The predicted molar refractivity (Wildman–Crippen MR) is 89.9 cm³/mol. The third-order valence-corrected chi connectivity index (χ3v) is 5.26. The number of piperidine rings is 1. The van der Waals surface area contributed by atoms with E-state index in [1.165, 1.54) is 6.42 Å². The Kier molecular flexibility index (Phi) is 3.42. The summed E-state index contributed by atoms with van der Waals surface area (Å²) in [5.41, 5.74) is 9.77. The highest BCUT2D eigenvalue weighted by Gasteiger charge is 2.53. The van der Waals surface area contributed by atoms with Crippen molar-refractivity contribution < 1.29 is 4.79 Å². The lowest BCUT2D eigenvalue weighted by molar-refractivity contribution is 0.0713. The third-order valence-electron chi connectivity index (χ3n) is 5.26. The molecule has 2 N–H and O–H groups in total. The smallest absolute Gasteiger partial charge is 0.254 e. The van der Waals surface area contributed by atoms with E-state index < -0.39 is 0 Å². The molecular formula is C19H21N3O. The van der Waals surface area contributed by atoms with Crippen LogP contribution in [0.25, 0.3) is 11.1 Å². The second-order valence-electron chi connectivity index (χ2n) is 6.66. The molecule has 4 heteroatoms. The molecule has 2 aliphatic rings. The largest absolute Gasteiger partial charge is 0.334 e. The van der Waals surface area contributed by atoms with E-state index >= 15 is 0 Å². The van der Waals surface area contributed by atoms with Gasteiger partial charge in [-0.1, -0.05) is 18.2 Å². The number of hydrogen-bond donors (Lipinski definition) is 1. The van der Waals surface area contributed by atoms with Crippen molar-refractivity contribution in [2.24, 2.45) is 17.6 Å². The number of hydrogen-bond acceptors (Lipinski definition) is 3. The van der Waals surface area contributed by atoms with Crippen LogP contribution in [0.5, 0.6) is 0 Å². The molecule has 1 amide bonds. The van der Waals surface area contributed by atoms with Crippen LogP contribution < -0.4 is 5.73 Å². The number of aromatic nitrogens is 1. The number of benzene rings is 1. The Hall–Kier alpha value is -2.20. The first-order valence-electron chi connectivity index (χ1n) is 8.21. The van der Waals surface area contributed by atoms with Crippen LogP contribution in [-0.4, -0.2) is 34.9 Å². The van der Waals surface area contributed by atoms with Crippen molar-refractivity contribution in [3.63, 3.8) is 0 Å². The molecule has 1 saturated heterocycles. The van der Waals surface area contributed by atoms with Crippen LogP contribution in [0.4, 0.5) is 0 Å². The second kappa shape index (κ2) is 5.46. The molecule has 0 spiro atoms. The van der Waals surface area contributed by atoms with E-state index in [0.717, 1.165) is 28.8 Å². The van der Waals surface area contributed by atoms with Gasteiger partial charge < -0.3 is 10.6 Å². The predicted octanol–water partition coefficient (Wildman–Crippen LogP) is 2.48. The number of nitrogens with zero attached hydrogens (tertiary/aromatic N) is 2. The van der Waals surface area contributed by atoms with Gasteiger partial charge in [0.1, 0.15) is 0 Å². The summed E-state index contributed by atoms with van der Waals surface area (Å²) < 4.78 is 0. The number of carbonyl (C=O) groups excluding carboxylic acids is 1. The molecule has 118 valence electrons. The van der Waals surface area contributed by atoms with Gasteiger partial charge in [0, 0.05) is 42.7 Å². The van der Waals surface area contributed by atoms with Crippen molar-refractivity contribution in [3.05, 3.63) is 53.9 Å². The third kappa shape index (κ3) is 2.34. The average molecular weight is 307 g/mol. The molecule has 2 fully saturated rings. The summed E-state index contributed by atoms with van der Waals surface area (Å²) in [7, 11) is 0. The summed E-state index contributed by atoms with van der Waals surface area (Å²) in [6.07, 6.45) is 4.80. The van der Waals surface area contributed by atoms with Crippen LogP contribution in [0, 0.1) is 18.8 Å². The molecule has 0 radical (unpaired) electrons. The number of nitrogens with two attached hydrogens (primary N) is 1. The maximum Gasteiger partial charge on any atom is 0.254 e. The first-order chi connectivity index (χ1) is 11.2. The Morgan fingerprint density at radius 2 is 2.22 bits per heavy atom. The SMILES string of the molecule is Cc1cccc(C(=O)N2C[C@H]3C[C@H]3[C@H]2CN)c1-c1cccnc1. The zero-order valence-corrected chi connectivity index (χ0v) is 13.3. The van der Waals surface area contributed by atoms with E-state index in [4.69, 9.17) is 5.73 Å². The van der Waals surface area contributed by atoms with Gasteiger partial charge in [0.15, 0.2) is 0 Å². The van der Waals surface area contributed by atoms with Crippen molar-refractivity contribution in [1.29, 1.82) is 0 Å². The minimum atomic E-state index is 0.107. The zero-order chi connectivity index (χ0) is 16.0. The number of amides is 1. The minimum absolute atomic E-state index is 0.107. The summed E-state index contributed by atoms with van der Waals surface area (Å²) in [5, 5.41) is 0. The molecule has 2 aromatic rings. The molecule has 4 rings (SSSR count). The van der Waals surface area contributed by atoms with Crippen molar-refractivity contribution in [2.75, 3.05) is 13.1 Å². The molecule has 23 heavy (non-hydrogen) atoms. The van der Waals surface area contributed by atoms with Gasteiger partial charge in [0.05, 0.1) is 0 Å². The number of likely N-dealkylation sites (tertiary alicyclic amines) is 1.